The highest BCUT2D eigenvalue weighted by Gasteiger charge is 2.15. The van der Waals surface area contributed by atoms with Crippen LogP contribution in [0.4, 0.5) is 5.82 Å². The number of ether oxygens (including phenoxy) is 1. The van der Waals surface area contributed by atoms with Crippen LogP contribution in [0.25, 0.3) is 10.8 Å². The molecule has 1 aromatic carbocycles. The zero-order valence-electron chi connectivity index (χ0n) is 9.40. The molecule has 0 unspecified atom stereocenters. The molecule has 1 aliphatic rings. The van der Waals surface area contributed by atoms with Crippen LogP contribution in [0.15, 0.2) is 30.5 Å². The van der Waals surface area contributed by atoms with Crippen LogP contribution in [0.1, 0.15) is 0 Å². The van der Waals surface area contributed by atoms with Gasteiger partial charge < -0.3 is 9.64 Å². The predicted octanol–water partition coefficient (Wildman–Crippen LogP) is 2.68. The summed E-state index contributed by atoms with van der Waals surface area (Å²) in [4.78, 5) is 6.90. The van der Waals surface area contributed by atoms with Crippen molar-refractivity contribution >= 4 is 39.2 Å². The number of halogens is 1. The van der Waals surface area contributed by atoms with Crippen molar-refractivity contribution in [1.82, 2.24) is 4.98 Å². The average molecular weight is 340 g/mol. The van der Waals surface area contributed by atoms with Crippen LogP contribution in [0.3, 0.4) is 0 Å². The van der Waals surface area contributed by atoms with E-state index in [9.17, 15) is 0 Å². The lowest BCUT2D eigenvalue weighted by atomic mass is 10.1. The molecule has 17 heavy (non-hydrogen) atoms. The van der Waals surface area contributed by atoms with E-state index in [1.807, 2.05) is 6.20 Å². The van der Waals surface area contributed by atoms with Crippen LogP contribution in [0, 0.1) is 3.57 Å². The molecule has 0 bridgehead atoms. The van der Waals surface area contributed by atoms with Crippen LogP contribution in [0.2, 0.25) is 0 Å². The van der Waals surface area contributed by atoms with Gasteiger partial charge in [-0.15, -0.1) is 0 Å². The number of pyridine rings is 1. The number of anilines is 1. The topological polar surface area (TPSA) is 25.4 Å². The quantitative estimate of drug-likeness (QED) is 0.747. The van der Waals surface area contributed by atoms with Crippen molar-refractivity contribution in [3.05, 3.63) is 34.0 Å². The Morgan fingerprint density at radius 1 is 1.12 bits per heavy atom. The van der Waals surface area contributed by atoms with Crippen molar-refractivity contribution < 1.29 is 4.74 Å². The number of hydrogen-bond acceptors (Lipinski definition) is 3. The molecular weight excluding hydrogens is 327 g/mol. The number of hydrogen-bond donors (Lipinski definition) is 0. The molecule has 0 amide bonds. The largest absolute Gasteiger partial charge is 0.378 e. The number of rotatable bonds is 1. The van der Waals surface area contributed by atoms with Crippen molar-refractivity contribution in [2.24, 2.45) is 0 Å². The third kappa shape index (κ3) is 2.11. The number of aromatic nitrogens is 1. The van der Waals surface area contributed by atoms with Gasteiger partial charge in [0.1, 0.15) is 5.82 Å². The molecule has 0 spiro atoms. The molecule has 4 heteroatoms. The highest BCUT2D eigenvalue weighted by Crippen LogP contribution is 2.28. The summed E-state index contributed by atoms with van der Waals surface area (Å²) in [6, 6.07) is 8.45. The van der Waals surface area contributed by atoms with Gasteiger partial charge in [0.25, 0.3) is 0 Å². The maximum atomic E-state index is 5.39. The van der Waals surface area contributed by atoms with Crippen LogP contribution >= 0.6 is 22.6 Å². The first-order valence-electron chi connectivity index (χ1n) is 5.72. The lowest BCUT2D eigenvalue weighted by Gasteiger charge is -2.28. The molecule has 0 aliphatic carbocycles. The molecule has 1 aliphatic heterocycles. The van der Waals surface area contributed by atoms with Gasteiger partial charge in [0.15, 0.2) is 0 Å². The van der Waals surface area contributed by atoms with E-state index in [2.05, 4.69) is 56.7 Å². The van der Waals surface area contributed by atoms with Crippen LogP contribution in [0.5, 0.6) is 0 Å². The van der Waals surface area contributed by atoms with Gasteiger partial charge in [0.2, 0.25) is 0 Å². The Morgan fingerprint density at radius 2 is 1.82 bits per heavy atom. The van der Waals surface area contributed by atoms with Gasteiger partial charge >= 0.3 is 0 Å². The van der Waals surface area contributed by atoms with Crippen LogP contribution in [-0.4, -0.2) is 31.3 Å². The Hall–Kier alpha value is -0.880. The standard InChI is InChI=1S/C13H13IN2O/c14-12-9-15-13(16-5-7-17-8-6-16)11-4-2-1-3-10(11)12/h1-4,9H,5-8H2. The highest BCUT2D eigenvalue weighted by atomic mass is 127. The third-order valence-corrected chi connectivity index (χ3v) is 3.90. The van der Waals surface area contributed by atoms with E-state index in [-0.39, 0.29) is 0 Å². The predicted molar refractivity (Wildman–Crippen MR) is 77.5 cm³/mol. The Kier molecular flexibility index (Phi) is 3.15. The summed E-state index contributed by atoms with van der Waals surface area (Å²) in [5.74, 6) is 1.09. The second kappa shape index (κ2) is 4.78. The first-order valence-corrected chi connectivity index (χ1v) is 6.80. The van der Waals surface area contributed by atoms with E-state index < -0.39 is 0 Å². The van der Waals surface area contributed by atoms with Crippen molar-refractivity contribution in [2.75, 3.05) is 31.2 Å². The molecule has 0 atom stereocenters. The van der Waals surface area contributed by atoms with Gasteiger partial charge in [-0.05, 0) is 22.6 Å². The van der Waals surface area contributed by atoms with Crippen molar-refractivity contribution in [2.45, 2.75) is 0 Å². The molecule has 1 saturated heterocycles. The van der Waals surface area contributed by atoms with Crippen molar-refractivity contribution in [3.63, 3.8) is 0 Å². The zero-order chi connectivity index (χ0) is 11.7. The second-order valence-electron chi connectivity index (χ2n) is 4.07. The summed E-state index contributed by atoms with van der Waals surface area (Å²) < 4.78 is 6.59. The van der Waals surface area contributed by atoms with Gasteiger partial charge in [-0.3, -0.25) is 0 Å². The minimum absolute atomic E-state index is 0.794. The van der Waals surface area contributed by atoms with Crippen molar-refractivity contribution in [3.8, 4) is 0 Å². The summed E-state index contributed by atoms with van der Waals surface area (Å²) in [5, 5.41) is 2.52. The molecule has 0 saturated carbocycles. The van der Waals surface area contributed by atoms with Crippen LogP contribution < -0.4 is 4.90 Å². The normalized spacial score (nSPS) is 16.4. The van der Waals surface area contributed by atoms with Crippen LogP contribution in [-0.2, 0) is 4.74 Å². The van der Waals surface area contributed by atoms with E-state index >= 15 is 0 Å². The van der Waals surface area contributed by atoms with Crippen molar-refractivity contribution in [1.29, 1.82) is 0 Å². The fraction of sp³-hybridized carbons (Fsp3) is 0.308. The Labute approximate surface area is 114 Å². The summed E-state index contributed by atoms with van der Waals surface area (Å²) in [5.41, 5.74) is 0. The zero-order valence-corrected chi connectivity index (χ0v) is 11.6. The Bertz CT molecular complexity index is 538. The second-order valence-corrected chi connectivity index (χ2v) is 5.24. The van der Waals surface area contributed by atoms with Gasteiger partial charge in [-0.2, -0.15) is 0 Å². The third-order valence-electron chi connectivity index (χ3n) is 3.04. The summed E-state index contributed by atoms with van der Waals surface area (Å²) in [6.45, 7) is 3.44. The monoisotopic (exact) mass is 340 g/mol. The van der Waals surface area contributed by atoms with Gasteiger partial charge in [0.05, 0.1) is 13.2 Å². The molecule has 88 valence electrons. The van der Waals surface area contributed by atoms with E-state index in [0.29, 0.717) is 0 Å². The summed E-state index contributed by atoms with van der Waals surface area (Å²) >= 11 is 2.34. The average Bonchev–Trinajstić information content (AvgIpc) is 2.41. The molecule has 1 fully saturated rings. The van der Waals surface area contributed by atoms with E-state index in [0.717, 1.165) is 32.1 Å². The number of nitrogens with zero attached hydrogens (tertiary/aromatic N) is 2. The van der Waals surface area contributed by atoms with Gasteiger partial charge in [-0.1, -0.05) is 24.3 Å². The molecule has 0 radical (unpaired) electrons. The maximum Gasteiger partial charge on any atom is 0.136 e. The Balaban J connectivity index is 2.12. The smallest absolute Gasteiger partial charge is 0.136 e. The summed E-state index contributed by atoms with van der Waals surface area (Å²) in [6.07, 6.45) is 1.95. The highest BCUT2D eigenvalue weighted by molar-refractivity contribution is 14.1. The number of morpholine rings is 1. The lowest BCUT2D eigenvalue weighted by molar-refractivity contribution is 0.122. The molecule has 2 aromatic rings. The number of benzene rings is 1. The van der Waals surface area contributed by atoms with E-state index in [1.54, 1.807) is 0 Å². The molecule has 3 rings (SSSR count). The molecular formula is C13H13IN2O. The van der Waals surface area contributed by atoms with Gasteiger partial charge in [0, 0.05) is 33.6 Å². The molecule has 1 aromatic heterocycles. The number of fused-ring (bicyclic) bond motifs is 1. The minimum Gasteiger partial charge on any atom is -0.378 e. The fourth-order valence-electron chi connectivity index (χ4n) is 2.17. The molecule has 3 nitrogen and oxygen atoms in total. The van der Waals surface area contributed by atoms with Gasteiger partial charge in [-0.25, -0.2) is 4.98 Å². The lowest BCUT2D eigenvalue weighted by Crippen LogP contribution is -2.36. The Morgan fingerprint density at radius 3 is 2.59 bits per heavy atom. The van der Waals surface area contributed by atoms with E-state index in [1.165, 1.54) is 14.3 Å². The SMILES string of the molecule is Ic1cnc(N2CCOCC2)c2ccccc12. The molecule has 0 N–H and O–H groups in total. The first-order chi connectivity index (χ1) is 8.36. The summed E-state index contributed by atoms with van der Waals surface area (Å²) in [7, 11) is 0. The van der Waals surface area contributed by atoms with E-state index in [4.69, 9.17) is 4.74 Å². The fourth-order valence-corrected chi connectivity index (χ4v) is 2.78. The maximum absolute atomic E-state index is 5.39. The molecule has 2 heterocycles. The first kappa shape index (κ1) is 11.2. The minimum atomic E-state index is 0.794.